The van der Waals surface area contributed by atoms with Crippen molar-refractivity contribution in [2.24, 2.45) is 5.92 Å². The number of ether oxygens (including phenoxy) is 1. The third kappa shape index (κ3) is 2.58. The molecule has 1 aliphatic heterocycles. The molecule has 0 saturated carbocycles. The van der Waals surface area contributed by atoms with Gasteiger partial charge in [0, 0.05) is 13.1 Å². The highest BCUT2D eigenvalue weighted by Crippen LogP contribution is 2.29. The molecule has 4 nitrogen and oxygen atoms in total. The Bertz CT molecular complexity index is 437. The highest BCUT2D eigenvalue weighted by Gasteiger charge is 2.21. The zero-order valence-electron chi connectivity index (χ0n) is 10.8. The molecule has 98 valence electrons. The van der Waals surface area contributed by atoms with Crippen molar-refractivity contribution in [1.82, 2.24) is 0 Å². The molecule has 18 heavy (non-hydrogen) atoms. The lowest BCUT2D eigenvalue weighted by atomic mass is 9.98. The maximum absolute atomic E-state index is 11.3. The van der Waals surface area contributed by atoms with Crippen LogP contribution in [0, 0.1) is 5.92 Å². The highest BCUT2D eigenvalue weighted by atomic mass is 16.5. The van der Waals surface area contributed by atoms with Gasteiger partial charge in [-0.1, -0.05) is 6.92 Å². The van der Waals surface area contributed by atoms with Gasteiger partial charge < -0.3 is 14.7 Å². The molecular formula is C14H19NO3. The predicted octanol–water partition coefficient (Wildman–Crippen LogP) is 2.63. The van der Waals surface area contributed by atoms with E-state index in [1.807, 2.05) is 12.1 Å². The summed E-state index contributed by atoms with van der Waals surface area (Å²) in [5.74, 6) is 0.414. The molecule has 0 atom stereocenters. The number of aromatic carboxylic acids is 1. The fourth-order valence-corrected chi connectivity index (χ4v) is 2.34. The fraction of sp³-hybridized carbons (Fsp3) is 0.500. The Kier molecular flexibility index (Phi) is 3.75. The molecule has 1 aromatic carbocycles. The van der Waals surface area contributed by atoms with Gasteiger partial charge >= 0.3 is 5.97 Å². The number of rotatable bonds is 3. The van der Waals surface area contributed by atoms with Crippen LogP contribution in [0.5, 0.6) is 5.75 Å². The summed E-state index contributed by atoms with van der Waals surface area (Å²) in [7, 11) is 1.54. The fourth-order valence-electron chi connectivity index (χ4n) is 2.34. The van der Waals surface area contributed by atoms with E-state index in [0.717, 1.165) is 37.5 Å². The topological polar surface area (TPSA) is 49.8 Å². The van der Waals surface area contributed by atoms with Gasteiger partial charge in [-0.2, -0.15) is 0 Å². The van der Waals surface area contributed by atoms with E-state index in [2.05, 4.69) is 11.8 Å². The molecule has 0 bridgehead atoms. The van der Waals surface area contributed by atoms with Crippen molar-refractivity contribution in [2.75, 3.05) is 25.1 Å². The summed E-state index contributed by atoms with van der Waals surface area (Å²) in [6, 6.07) is 5.26. The summed E-state index contributed by atoms with van der Waals surface area (Å²) in [5.41, 5.74) is 1.12. The number of carbonyl (C=O) groups is 1. The molecule has 1 aliphatic rings. The van der Waals surface area contributed by atoms with Gasteiger partial charge in [-0.25, -0.2) is 4.79 Å². The first-order valence-corrected chi connectivity index (χ1v) is 6.28. The average molecular weight is 249 g/mol. The molecular weight excluding hydrogens is 230 g/mol. The summed E-state index contributed by atoms with van der Waals surface area (Å²) in [4.78, 5) is 13.5. The zero-order chi connectivity index (χ0) is 13.1. The van der Waals surface area contributed by atoms with Gasteiger partial charge in [0.25, 0.3) is 0 Å². The molecule has 0 radical (unpaired) electrons. The number of hydrogen-bond acceptors (Lipinski definition) is 3. The van der Waals surface area contributed by atoms with Gasteiger partial charge in [-0.3, -0.25) is 0 Å². The lowest BCUT2D eigenvalue weighted by Crippen LogP contribution is -2.33. The number of carboxylic acids is 1. The minimum atomic E-state index is -0.900. The first-order valence-electron chi connectivity index (χ1n) is 6.28. The molecule has 0 aliphatic carbocycles. The van der Waals surface area contributed by atoms with Gasteiger partial charge in [0.2, 0.25) is 0 Å². The average Bonchev–Trinajstić information content (AvgIpc) is 2.39. The van der Waals surface area contributed by atoms with Crippen LogP contribution in [-0.2, 0) is 0 Å². The van der Waals surface area contributed by atoms with Crippen molar-refractivity contribution in [3.8, 4) is 5.75 Å². The van der Waals surface area contributed by atoms with Crippen LogP contribution < -0.4 is 9.64 Å². The number of carboxylic acid groups (broad SMARTS) is 1. The quantitative estimate of drug-likeness (QED) is 0.894. The molecule has 1 fully saturated rings. The smallest absolute Gasteiger partial charge is 0.337 e. The van der Waals surface area contributed by atoms with E-state index in [0.29, 0.717) is 11.3 Å². The monoisotopic (exact) mass is 249 g/mol. The van der Waals surface area contributed by atoms with Gasteiger partial charge in [0.05, 0.1) is 18.4 Å². The van der Waals surface area contributed by atoms with Crippen LogP contribution in [0.25, 0.3) is 0 Å². The van der Waals surface area contributed by atoms with E-state index in [1.165, 1.54) is 0 Å². The summed E-state index contributed by atoms with van der Waals surface area (Å²) in [6.45, 7) is 4.09. The standard InChI is InChI=1S/C14H19NO3/c1-10-5-7-15(8-6-10)13-4-3-11(18-2)9-12(13)14(16)17/h3-4,9-10H,5-8H2,1-2H3,(H,16,17). The highest BCUT2D eigenvalue weighted by molar-refractivity contribution is 5.95. The number of nitrogens with zero attached hydrogens (tertiary/aromatic N) is 1. The molecule has 2 rings (SSSR count). The Morgan fingerprint density at radius 3 is 2.61 bits per heavy atom. The molecule has 1 saturated heterocycles. The molecule has 1 aromatic rings. The second-order valence-corrected chi connectivity index (χ2v) is 4.86. The Morgan fingerprint density at radius 2 is 2.06 bits per heavy atom. The normalized spacial score (nSPS) is 16.7. The van der Waals surface area contributed by atoms with Crippen molar-refractivity contribution >= 4 is 11.7 Å². The first kappa shape index (κ1) is 12.7. The number of benzene rings is 1. The van der Waals surface area contributed by atoms with Crippen molar-refractivity contribution in [2.45, 2.75) is 19.8 Å². The summed E-state index contributed by atoms with van der Waals surface area (Å²) >= 11 is 0. The lowest BCUT2D eigenvalue weighted by molar-refractivity contribution is 0.0697. The van der Waals surface area contributed by atoms with Crippen molar-refractivity contribution < 1.29 is 14.6 Å². The molecule has 1 N–H and O–H groups in total. The molecule has 0 spiro atoms. The second kappa shape index (κ2) is 5.29. The van der Waals surface area contributed by atoms with E-state index in [9.17, 15) is 9.90 Å². The summed E-state index contributed by atoms with van der Waals surface area (Å²) < 4.78 is 5.08. The molecule has 4 heteroatoms. The van der Waals surface area contributed by atoms with E-state index in [1.54, 1.807) is 13.2 Å². The lowest BCUT2D eigenvalue weighted by Gasteiger charge is -2.33. The first-order chi connectivity index (χ1) is 8.61. The third-order valence-electron chi connectivity index (χ3n) is 3.56. The van der Waals surface area contributed by atoms with Crippen LogP contribution in [0.3, 0.4) is 0 Å². The van der Waals surface area contributed by atoms with Gasteiger partial charge in [0.15, 0.2) is 0 Å². The van der Waals surface area contributed by atoms with E-state index in [4.69, 9.17) is 4.74 Å². The van der Waals surface area contributed by atoms with Gasteiger partial charge in [-0.15, -0.1) is 0 Å². The number of anilines is 1. The number of piperidine rings is 1. The van der Waals surface area contributed by atoms with E-state index in [-0.39, 0.29) is 0 Å². The van der Waals surface area contributed by atoms with Crippen molar-refractivity contribution in [1.29, 1.82) is 0 Å². The Balaban J connectivity index is 2.29. The molecule has 0 amide bonds. The summed E-state index contributed by atoms with van der Waals surface area (Å²) in [5, 5.41) is 9.29. The Morgan fingerprint density at radius 1 is 1.39 bits per heavy atom. The van der Waals surface area contributed by atoms with Gasteiger partial charge in [0.1, 0.15) is 5.75 Å². The maximum atomic E-state index is 11.3. The molecule has 1 heterocycles. The predicted molar refractivity (Wildman–Crippen MR) is 70.6 cm³/mol. The van der Waals surface area contributed by atoms with E-state index < -0.39 is 5.97 Å². The zero-order valence-corrected chi connectivity index (χ0v) is 10.8. The van der Waals surface area contributed by atoms with Crippen molar-refractivity contribution in [3.05, 3.63) is 23.8 Å². The minimum absolute atomic E-state index is 0.323. The third-order valence-corrected chi connectivity index (χ3v) is 3.56. The Labute approximate surface area is 107 Å². The second-order valence-electron chi connectivity index (χ2n) is 4.86. The Hall–Kier alpha value is -1.71. The van der Waals surface area contributed by atoms with Crippen LogP contribution in [-0.4, -0.2) is 31.3 Å². The SMILES string of the molecule is COc1ccc(N2CCC(C)CC2)c(C(=O)O)c1. The largest absolute Gasteiger partial charge is 0.497 e. The minimum Gasteiger partial charge on any atom is -0.497 e. The van der Waals surface area contributed by atoms with Crippen LogP contribution in [0.4, 0.5) is 5.69 Å². The molecule has 0 aromatic heterocycles. The molecule has 0 unspecified atom stereocenters. The van der Waals surface area contributed by atoms with Crippen molar-refractivity contribution in [3.63, 3.8) is 0 Å². The van der Waals surface area contributed by atoms with Gasteiger partial charge in [-0.05, 0) is 37.0 Å². The summed E-state index contributed by atoms with van der Waals surface area (Å²) in [6.07, 6.45) is 2.23. The maximum Gasteiger partial charge on any atom is 0.337 e. The van der Waals surface area contributed by atoms with E-state index >= 15 is 0 Å². The van der Waals surface area contributed by atoms with Crippen LogP contribution >= 0.6 is 0 Å². The van der Waals surface area contributed by atoms with Crippen LogP contribution in [0.2, 0.25) is 0 Å². The number of hydrogen-bond donors (Lipinski definition) is 1. The number of methoxy groups -OCH3 is 1. The van der Waals surface area contributed by atoms with Crippen LogP contribution in [0.1, 0.15) is 30.1 Å². The van der Waals surface area contributed by atoms with Crippen LogP contribution in [0.15, 0.2) is 18.2 Å².